The number of carbonyl (C=O) groups is 1. The molecule has 0 bridgehead atoms. The van der Waals surface area contributed by atoms with E-state index >= 15 is 0 Å². The Labute approximate surface area is 79.8 Å². The molecule has 0 amide bonds. The maximum Gasteiger partial charge on any atom is 0.151 e. The molecule has 0 aliphatic rings. The number of phenolic OH excluding ortho intramolecular Hbond substituents is 1. The molecule has 0 saturated heterocycles. The van der Waals surface area contributed by atoms with E-state index in [-0.39, 0.29) is 5.75 Å². The highest BCUT2D eigenvalue weighted by Gasteiger charge is 1.99. The number of hydrogen-bond acceptors (Lipinski definition) is 2. The minimum atomic E-state index is 0.271. The van der Waals surface area contributed by atoms with Gasteiger partial charge in [0, 0.05) is 6.42 Å². The van der Waals surface area contributed by atoms with Crippen LogP contribution in [-0.2, 0) is 11.2 Å². The molecular weight excluding hydrogens is 183 g/mol. The first-order valence-corrected chi connectivity index (χ1v) is 5.71. The van der Waals surface area contributed by atoms with Crippen molar-refractivity contribution in [1.29, 1.82) is 0 Å². The fourth-order valence-corrected chi connectivity index (χ4v) is 1.42. The van der Waals surface area contributed by atoms with Crippen molar-refractivity contribution in [3.63, 3.8) is 0 Å². The number of benzene rings is 1. The van der Waals surface area contributed by atoms with Crippen molar-refractivity contribution in [1.82, 2.24) is 0 Å². The van der Waals surface area contributed by atoms with Crippen LogP contribution in [0.25, 0.3) is 0 Å². The molecule has 0 spiro atoms. The highest BCUT2D eigenvalue weighted by Crippen LogP contribution is 2.14. The summed E-state index contributed by atoms with van der Waals surface area (Å²) in [6.45, 7) is 1.90. The van der Waals surface area contributed by atoms with Gasteiger partial charge in [-0.25, -0.2) is 0 Å². The van der Waals surface area contributed by atoms with Crippen LogP contribution >= 0.6 is 8.58 Å². The molecule has 1 unspecified atom stereocenters. The van der Waals surface area contributed by atoms with Crippen LogP contribution < -0.4 is 0 Å². The van der Waals surface area contributed by atoms with Crippen molar-refractivity contribution in [3.05, 3.63) is 29.8 Å². The Morgan fingerprint density at radius 2 is 2.00 bits per heavy atom. The molecule has 13 heavy (non-hydrogen) atoms. The van der Waals surface area contributed by atoms with Crippen molar-refractivity contribution >= 4 is 14.1 Å². The van der Waals surface area contributed by atoms with Crippen LogP contribution in [0.1, 0.15) is 12.0 Å². The SMILES string of the molecule is CPC(=O)CCc1ccc(O)cc1. The van der Waals surface area contributed by atoms with Gasteiger partial charge in [-0.1, -0.05) is 20.7 Å². The zero-order chi connectivity index (χ0) is 9.68. The van der Waals surface area contributed by atoms with E-state index in [1.54, 1.807) is 12.1 Å². The molecule has 1 N–H and O–H groups in total. The molecule has 0 saturated carbocycles. The predicted molar refractivity (Wildman–Crippen MR) is 55.7 cm³/mol. The molecule has 0 radical (unpaired) electrons. The minimum Gasteiger partial charge on any atom is -0.508 e. The smallest absolute Gasteiger partial charge is 0.151 e. The molecule has 0 aromatic heterocycles. The van der Waals surface area contributed by atoms with Crippen molar-refractivity contribution in [2.75, 3.05) is 6.66 Å². The summed E-state index contributed by atoms with van der Waals surface area (Å²) in [5.41, 5.74) is 1.41. The second kappa shape index (κ2) is 4.98. The number of rotatable bonds is 4. The highest BCUT2D eigenvalue weighted by molar-refractivity contribution is 7.57. The number of phenols is 1. The zero-order valence-electron chi connectivity index (χ0n) is 7.58. The summed E-state index contributed by atoms with van der Waals surface area (Å²) < 4.78 is 0. The second-order valence-corrected chi connectivity index (χ2v) is 3.90. The van der Waals surface area contributed by atoms with Gasteiger partial charge >= 0.3 is 0 Å². The monoisotopic (exact) mass is 196 g/mol. The number of carbonyl (C=O) groups excluding carboxylic acids is 1. The Morgan fingerprint density at radius 3 is 2.54 bits per heavy atom. The second-order valence-electron chi connectivity index (χ2n) is 2.84. The first-order chi connectivity index (χ1) is 6.22. The lowest BCUT2D eigenvalue weighted by molar-refractivity contribution is -0.111. The summed E-state index contributed by atoms with van der Waals surface area (Å²) in [7, 11) is 0.393. The number of aromatic hydroxyl groups is 1. The molecular formula is C10H13O2P. The van der Waals surface area contributed by atoms with Crippen molar-refractivity contribution in [3.8, 4) is 5.75 Å². The Hall–Kier alpha value is -0.880. The molecule has 1 atom stereocenters. The highest BCUT2D eigenvalue weighted by atomic mass is 31.1. The van der Waals surface area contributed by atoms with Crippen LogP contribution in [0.3, 0.4) is 0 Å². The van der Waals surface area contributed by atoms with E-state index in [0.29, 0.717) is 20.5 Å². The summed E-state index contributed by atoms with van der Waals surface area (Å²) in [6.07, 6.45) is 1.39. The Kier molecular flexibility index (Phi) is 3.91. The van der Waals surface area contributed by atoms with E-state index in [1.165, 1.54) is 0 Å². The van der Waals surface area contributed by atoms with Gasteiger partial charge in [0.15, 0.2) is 5.52 Å². The summed E-state index contributed by atoms with van der Waals surface area (Å²) in [4.78, 5) is 11.0. The van der Waals surface area contributed by atoms with Gasteiger partial charge in [-0.15, -0.1) is 0 Å². The third-order valence-corrected chi connectivity index (χ3v) is 2.66. The fraction of sp³-hybridized carbons (Fsp3) is 0.300. The predicted octanol–water partition coefficient (Wildman–Crippen LogP) is 2.16. The molecule has 0 fully saturated rings. The molecule has 1 rings (SSSR count). The van der Waals surface area contributed by atoms with E-state index in [1.807, 2.05) is 18.8 Å². The quantitative estimate of drug-likeness (QED) is 0.749. The summed E-state index contributed by atoms with van der Waals surface area (Å²) >= 11 is 0. The maximum atomic E-state index is 11.0. The topological polar surface area (TPSA) is 37.3 Å². The third kappa shape index (κ3) is 3.56. The van der Waals surface area contributed by atoms with E-state index < -0.39 is 0 Å². The minimum absolute atomic E-state index is 0.271. The van der Waals surface area contributed by atoms with E-state index in [2.05, 4.69) is 0 Å². The van der Waals surface area contributed by atoms with Gasteiger partial charge in [0.25, 0.3) is 0 Å². The fourth-order valence-electron chi connectivity index (χ4n) is 1.05. The molecule has 1 aromatic carbocycles. The summed E-state index contributed by atoms with van der Waals surface area (Å²) in [5.74, 6) is 0.271. The lowest BCUT2D eigenvalue weighted by atomic mass is 10.1. The summed E-state index contributed by atoms with van der Waals surface area (Å²) in [5, 5.41) is 9.01. The average molecular weight is 196 g/mol. The van der Waals surface area contributed by atoms with E-state index in [0.717, 1.165) is 12.0 Å². The van der Waals surface area contributed by atoms with Crippen LogP contribution in [0.5, 0.6) is 5.75 Å². The van der Waals surface area contributed by atoms with Crippen LogP contribution in [0.4, 0.5) is 0 Å². The van der Waals surface area contributed by atoms with Gasteiger partial charge < -0.3 is 5.11 Å². The maximum absolute atomic E-state index is 11.0. The average Bonchev–Trinajstić information content (AvgIpc) is 2.16. The van der Waals surface area contributed by atoms with Gasteiger partial charge in [-0.2, -0.15) is 0 Å². The van der Waals surface area contributed by atoms with Crippen molar-refractivity contribution < 1.29 is 9.90 Å². The van der Waals surface area contributed by atoms with Gasteiger partial charge in [0.1, 0.15) is 5.75 Å². The Balaban J connectivity index is 2.46. The Bertz CT molecular complexity index is 279. The van der Waals surface area contributed by atoms with Crippen LogP contribution in [0.2, 0.25) is 0 Å². The van der Waals surface area contributed by atoms with Crippen molar-refractivity contribution in [2.24, 2.45) is 0 Å². The summed E-state index contributed by atoms with van der Waals surface area (Å²) in [6, 6.07) is 6.99. The number of hydrogen-bond donors (Lipinski definition) is 1. The van der Waals surface area contributed by atoms with Crippen LogP contribution in [0.15, 0.2) is 24.3 Å². The molecule has 0 aliphatic heterocycles. The molecule has 3 heteroatoms. The van der Waals surface area contributed by atoms with Gasteiger partial charge in [-0.05, 0) is 30.8 Å². The van der Waals surface area contributed by atoms with E-state index in [4.69, 9.17) is 5.11 Å². The standard InChI is InChI=1S/C10H13O2P/c1-13-10(12)7-4-8-2-5-9(11)6-3-8/h2-3,5-6,11,13H,4,7H2,1H3. The lowest BCUT2D eigenvalue weighted by Crippen LogP contribution is -1.92. The molecule has 1 aromatic rings. The normalized spacial score (nSPS) is 10.8. The third-order valence-electron chi connectivity index (χ3n) is 1.86. The van der Waals surface area contributed by atoms with Gasteiger partial charge in [0.2, 0.25) is 0 Å². The first-order valence-electron chi connectivity index (χ1n) is 4.21. The first kappa shape index (κ1) is 10.2. The van der Waals surface area contributed by atoms with Crippen LogP contribution in [-0.4, -0.2) is 17.3 Å². The largest absolute Gasteiger partial charge is 0.508 e. The van der Waals surface area contributed by atoms with Gasteiger partial charge in [0.05, 0.1) is 0 Å². The number of aryl methyl sites for hydroxylation is 1. The molecule has 0 heterocycles. The van der Waals surface area contributed by atoms with Crippen LogP contribution in [0, 0.1) is 0 Å². The lowest BCUT2D eigenvalue weighted by Gasteiger charge is -1.99. The molecule has 70 valence electrons. The molecule has 0 aliphatic carbocycles. The van der Waals surface area contributed by atoms with E-state index in [9.17, 15) is 4.79 Å². The Morgan fingerprint density at radius 1 is 1.38 bits per heavy atom. The van der Waals surface area contributed by atoms with Crippen molar-refractivity contribution in [2.45, 2.75) is 12.8 Å². The van der Waals surface area contributed by atoms with Gasteiger partial charge in [-0.3, -0.25) is 4.79 Å². The zero-order valence-corrected chi connectivity index (χ0v) is 8.58. The molecule has 2 nitrogen and oxygen atoms in total.